The first kappa shape index (κ1) is 96.5. The Balaban J connectivity index is 0.000000334. The van der Waals surface area contributed by atoms with Crippen LogP contribution in [0.2, 0.25) is 0 Å². The summed E-state index contributed by atoms with van der Waals surface area (Å²) in [6, 6.07) is 8.93. The molecule has 3 amide bonds. The number of methoxy groups -OCH3 is 2. The summed E-state index contributed by atoms with van der Waals surface area (Å²) in [5.41, 5.74) is 2.68. The van der Waals surface area contributed by atoms with Gasteiger partial charge in [-0.15, -0.1) is 34.0 Å². The zero-order valence-corrected chi connectivity index (χ0v) is 73.0. The van der Waals surface area contributed by atoms with E-state index in [1.54, 1.807) is 21.9 Å². The van der Waals surface area contributed by atoms with Crippen molar-refractivity contribution in [2.45, 2.75) is 262 Å². The number of aliphatic carboxylic acids is 1. The summed E-state index contributed by atoms with van der Waals surface area (Å²) in [6.45, 7) is 31.9. The largest absolute Gasteiger partial charge is 1.00 e. The van der Waals surface area contributed by atoms with E-state index >= 15 is 0 Å². The van der Waals surface area contributed by atoms with Gasteiger partial charge >= 0.3 is 54.2 Å². The molecule has 23 nitrogen and oxygen atoms in total. The molecule has 0 unspecified atom stereocenters. The average Bonchev–Trinajstić information content (AvgIpc) is 1.62. The Labute approximate surface area is 697 Å². The van der Waals surface area contributed by atoms with Gasteiger partial charge < -0.3 is 54.0 Å². The summed E-state index contributed by atoms with van der Waals surface area (Å²) in [5, 5.41) is 54.3. The van der Waals surface area contributed by atoms with Crippen molar-refractivity contribution in [2.75, 3.05) is 48.9 Å². The van der Waals surface area contributed by atoms with Crippen molar-refractivity contribution in [1.82, 2.24) is 0 Å². The van der Waals surface area contributed by atoms with Crippen molar-refractivity contribution < 1.29 is 102 Å². The zero-order valence-electron chi connectivity index (χ0n) is 68.5. The van der Waals surface area contributed by atoms with Gasteiger partial charge in [-0.05, 0) is 246 Å². The molecular formula is C85H113N8NaO15S3. The smallest absolute Gasteiger partial charge is 0.550 e. The number of carboxylic acid groups (broad SMARTS) is 3. The summed E-state index contributed by atoms with van der Waals surface area (Å²) in [5.74, 6) is 17.4. The first-order chi connectivity index (χ1) is 52.4. The Morgan fingerprint density at radius 3 is 1.04 bits per heavy atom. The van der Waals surface area contributed by atoms with E-state index in [2.05, 4.69) is 76.2 Å². The van der Waals surface area contributed by atoms with E-state index < -0.39 is 23.9 Å². The number of rotatable bonds is 17. The van der Waals surface area contributed by atoms with Crippen LogP contribution in [0.1, 0.15) is 288 Å². The number of oxime groups is 2. The van der Waals surface area contributed by atoms with Crippen molar-refractivity contribution in [3.05, 3.63) is 58.9 Å². The van der Waals surface area contributed by atoms with Crippen LogP contribution >= 0.6 is 34.0 Å². The summed E-state index contributed by atoms with van der Waals surface area (Å²) >= 11 is 3.56. The predicted octanol–water partition coefficient (Wildman–Crippen LogP) is 13.6. The maximum atomic E-state index is 13.9. The number of nitriles is 2. The molecule has 6 aliphatic carbocycles. The van der Waals surface area contributed by atoms with Crippen molar-refractivity contribution in [1.29, 1.82) is 10.5 Å². The van der Waals surface area contributed by atoms with Gasteiger partial charge in [0.1, 0.15) is 32.6 Å². The number of ketones is 1. The molecule has 27 heteroatoms. The second-order valence-electron chi connectivity index (χ2n) is 32.5. The molecule has 0 radical (unpaired) electrons. The first-order valence-electron chi connectivity index (χ1n) is 38.6. The fourth-order valence-electron chi connectivity index (χ4n) is 13.9. The number of thiophene rings is 3. The Morgan fingerprint density at radius 2 is 0.795 bits per heavy atom. The van der Waals surface area contributed by atoms with Crippen molar-refractivity contribution >= 4 is 110 Å². The molecule has 0 bridgehead atoms. The molecule has 3 heterocycles. The van der Waals surface area contributed by atoms with Crippen LogP contribution < -0.4 is 49.4 Å². The molecule has 0 atom stereocenters. The Bertz CT molecular complexity index is 3890. The van der Waals surface area contributed by atoms with Gasteiger partial charge in [-0.25, -0.2) is 21.0 Å². The van der Waals surface area contributed by atoms with Crippen LogP contribution in [-0.4, -0.2) is 121 Å². The van der Waals surface area contributed by atoms with Crippen LogP contribution in [0.3, 0.4) is 0 Å². The molecule has 602 valence electrons. The van der Waals surface area contributed by atoms with Crippen LogP contribution in [0.15, 0.2) is 28.5 Å². The van der Waals surface area contributed by atoms with Crippen molar-refractivity contribution in [3.8, 4) is 47.7 Å². The molecule has 3 aromatic heterocycles. The zero-order chi connectivity index (χ0) is 82.3. The summed E-state index contributed by atoms with van der Waals surface area (Å²) in [4.78, 5) is 121. The molecule has 6 saturated carbocycles. The van der Waals surface area contributed by atoms with Crippen LogP contribution in [0, 0.1) is 117 Å². The number of Topliss-reactive ketones (excluding diaryl/α,β-unsaturated/α-hetero) is 1. The molecule has 6 aliphatic rings. The molecule has 0 spiro atoms. The molecule has 9 rings (SSSR count). The number of carbonyl (C=O) groups is 8. The second kappa shape index (κ2) is 47.1. The fourth-order valence-corrected chi connectivity index (χ4v) is 16.5. The van der Waals surface area contributed by atoms with Gasteiger partial charge in [0.05, 0.1) is 50.2 Å². The minimum atomic E-state index is -1.08. The van der Waals surface area contributed by atoms with E-state index in [1.807, 2.05) is 85.4 Å². The summed E-state index contributed by atoms with van der Waals surface area (Å²) in [7, 11) is 2.86. The van der Waals surface area contributed by atoms with Crippen LogP contribution in [-0.2, 0) is 43.1 Å². The molecule has 2 N–H and O–H groups in total. The maximum Gasteiger partial charge on any atom is 1.00 e. The topological polar surface area (TPSA) is 323 Å². The van der Waals surface area contributed by atoms with Crippen LogP contribution in [0.4, 0.5) is 17.1 Å². The van der Waals surface area contributed by atoms with Gasteiger partial charge in [0.25, 0.3) is 0 Å². The van der Waals surface area contributed by atoms with E-state index in [0.29, 0.717) is 126 Å². The molecule has 0 saturated heterocycles. The van der Waals surface area contributed by atoms with E-state index in [1.165, 1.54) is 25.6 Å². The van der Waals surface area contributed by atoms with Crippen molar-refractivity contribution in [2.24, 2.45) is 62.1 Å². The maximum absolute atomic E-state index is 13.9. The normalized spacial score (nSPS) is 20.8. The number of esters is 1. The predicted molar refractivity (Wildman–Crippen MR) is 432 cm³/mol. The number of hydrogen-bond acceptors (Lipinski definition) is 20. The van der Waals surface area contributed by atoms with Gasteiger partial charge in [0.2, 0.25) is 30.9 Å². The van der Waals surface area contributed by atoms with Crippen LogP contribution in [0.5, 0.6) is 0 Å². The monoisotopic (exact) mass is 1600 g/mol. The van der Waals surface area contributed by atoms with E-state index in [0.717, 1.165) is 123 Å². The number of aromatic carboxylic acids is 2. The minimum absolute atomic E-state index is 0. The number of nitrogens with zero attached hydrogens (tertiary/aromatic N) is 8. The SMILES string of the molecule is CC(=O)[O-].CC1CCC(C(=O)N(c2cc(C#CC(C)(C)C)sc2C(=O)O)C2CCC(=NOCC#N)CC2)CC1.CC1CCC(C(=O)N(c2cc(C#CC(C)(C)C)sc2C(=O)O)C2CCC(=NOCC#N)CC2)CC1.COC(=O)c1sc(C#CC(C)(C)C)cc1N(C(=O)C1CCC(C)CC1)C1CCC(=O)CC1.[C-]#[N+]COC.[Na+]. The Morgan fingerprint density at radius 1 is 0.518 bits per heavy atom. The number of carboxylic acids is 3. The minimum Gasteiger partial charge on any atom is -0.550 e. The molecule has 3 aromatic rings. The van der Waals surface area contributed by atoms with E-state index in [-0.39, 0.29) is 135 Å². The van der Waals surface area contributed by atoms with E-state index in [4.69, 9.17) is 41.4 Å². The second-order valence-corrected chi connectivity index (χ2v) is 35.7. The van der Waals surface area contributed by atoms with Crippen molar-refractivity contribution in [3.63, 3.8) is 0 Å². The number of carbonyl (C=O) groups excluding carboxylic acids is 6. The van der Waals surface area contributed by atoms with Gasteiger partial charge in [-0.2, -0.15) is 10.5 Å². The van der Waals surface area contributed by atoms with Gasteiger partial charge in [-0.3, -0.25) is 24.0 Å². The standard InChI is InChI=1S/2C27H35N3O4S.C26H35NO4S.C3H5NO.C2H4O2.Na/c2*1-18-5-7-19(8-6-18)25(31)30(21-11-9-20(10-12-21)29-34-16-15-28)23-17-22(13-14-27(2,3)4)35-24(23)26(32)33;1-17-6-8-18(9-7-17)24(29)27(19-10-12-20(28)13-11-19)22-16-21(14-15-26(2,3)4)32-23(22)25(30)31-5;1-4-3-5-2;1-2(3)4;/h2*17-19,21H,5-12,16H2,1-4H3,(H,32,33);16-19H,6-13H2,1-5H3;3H2,2H3;1H3,(H,3,4);/q;;;;;+1/p-1. The third-order valence-electron chi connectivity index (χ3n) is 19.7. The third-order valence-corrected chi connectivity index (χ3v) is 22.8. The van der Waals surface area contributed by atoms with Gasteiger partial charge in [-0.1, -0.05) is 66.6 Å². The number of hydrogen-bond donors (Lipinski definition) is 2. The summed E-state index contributed by atoms with van der Waals surface area (Å²) in [6.07, 6.45) is 18.7. The van der Waals surface area contributed by atoms with E-state index in [9.17, 15) is 43.8 Å². The van der Waals surface area contributed by atoms with Gasteiger partial charge in [0.15, 0.2) is 0 Å². The molecule has 112 heavy (non-hydrogen) atoms. The molecule has 0 aliphatic heterocycles. The number of anilines is 3. The third kappa shape index (κ3) is 32.2. The van der Waals surface area contributed by atoms with Crippen LogP contribution in [0.25, 0.3) is 4.85 Å². The first-order valence-corrected chi connectivity index (χ1v) is 41.0. The Kier molecular flexibility index (Phi) is 40.6. The molecule has 6 fully saturated rings. The molecular weight excluding hydrogens is 1490 g/mol. The summed E-state index contributed by atoms with van der Waals surface area (Å²) < 4.78 is 9.40. The Hall–Kier alpha value is -7.89. The average molecular weight is 1610 g/mol. The van der Waals surface area contributed by atoms with Gasteiger partial charge in [0, 0.05) is 78.0 Å². The number of ether oxygens (including phenoxy) is 2. The fraction of sp³-hybridized carbons (Fsp3) is 0.635. The number of amides is 3. The molecule has 0 aromatic carbocycles. The quantitative estimate of drug-likeness (QED) is 0.0317.